The number of aromatic amines is 1. The molecule has 1 saturated heterocycles. The fourth-order valence-corrected chi connectivity index (χ4v) is 3.79. The summed E-state index contributed by atoms with van der Waals surface area (Å²) < 4.78 is 18.9. The van der Waals surface area contributed by atoms with Crippen LogP contribution in [0.1, 0.15) is 35.3 Å². The minimum absolute atomic E-state index is 0.0979. The quantitative estimate of drug-likeness (QED) is 0.552. The first-order valence-corrected chi connectivity index (χ1v) is 9.30. The van der Waals surface area contributed by atoms with Gasteiger partial charge in [0.25, 0.3) is 5.91 Å². The van der Waals surface area contributed by atoms with E-state index in [0.29, 0.717) is 12.3 Å². The van der Waals surface area contributed by atoms with Gasteiger partial charge in [-0.2, -0.15) is 0 Å². The Morgan fingerprint density at radius 1 is 1.11 bits per heavy atom. The van der Waals surface area contributed by atoms with E-state index in [1.807, 2.05) is 29.2 Å². The number of carbonyl (C=O) groups is 1. The third kappa shape index (κ3) is 2.87. The van der Waals surface area contributed by atoms with E-state index in [0.717, 1.165) is 35.3 Å². The average Bonchev–Trinajstić information content (AvgIpc) is 3.46. The molecule has 0 saturated carbocycles. The summed E-state index contributed by atoms with van der Waals surface area (Å²) in [5, 5.41) is 0. The van der Waals surface area contributed by atoms with Gasteiger partial charge in [-0.3, -0.25) is 4.79 Å². The number of carbonyl (C=O) groups excluding carboxylic acids is 1. The van der Waals surface area contributed by atoms with Crippen LogP contribution in [-0.2, 0) is 0 Å². The Morgan fingerprint density at radius 2 is 1.93 bits per heavy atom. The van der Waals surface area contributed by atoms with Crippen molar-refractivity contribution in [1.82, 2.24) is 14.9 Å². The molecule has 5 rings (SSSR count). The summed E-state index contributed by atoms with van der Waals surface area (Å²) in [6, 6.07) is 17.2. The van der Waals surface area contributed by atoms with Crippen molar-refractivity contribution in [2.24, 2.45) is 0 Å². The molecule has 140 valence electrons. The van der Waals surface area contributed by atoms with Crippen LogP contribution in [-0.4, -0.2) is 27.3 Å². The molecule has 3 heterocycles. The van der Waals surface area contributed by atoms with E-state index in [1.165, 1.54) is 12.1 Å². The third-order valence-corrected chi connectivity index (χ3v) is 5.18. The number of rotatable bonds is 3. The molecule has 1 atom stereocenters. The van der Waals surface area contributed by atoms with Crippen LogP contribution in [0, 0.1) is 5.82 Å². The first-order chi connectivity index (χ1) is 13.7. The number of hydrogen-bond acceptors (Lipinski definition) is 3. The lowest BCUT2D eigenvalue weighted by molar-refractivity contribution is 0.0699. The number of nitrogens with one attached hydrogen (secondary N) is 1. The number of imidazole rings is 1. The number of nitrogens with zero attached hydrogens (tertiary/aromatic N) is 2. The van der Waals surface area contributed by atoms with E-state index >= 15 is 0 Å². The molecule has 0 unspecified atom stereocenters. The van der Waals surface area contributed by atoms with Gasteiger partial charge in [-0.15, -0.1) is 0 Å². The molecule has 1 aliphatic rings. The van der Waals surface area contributed by atoms with Gasteiger partial charge in [-0.1, -0.05) is 12.1 Å². The van der Waals surface area contributed by atoms with Crippen molar-refractivity contribution >= 4 is 16.9 Å². The van der Waals surface area contributed by atoms with Crippen molar-refractivity contribution in [2.75, 3.05) is 6.54 Å². The highest BCUT2D eigenvalue weighted by Gasteiger charge is 2.34. The molecular weight excluding hydrogens is 357 g/mol. The molecule has 5 nitrogen and oxygen atoms in total. The molecule has 1 N–H and O–H groups in total. The number of aromatic nitrogens is 2. The van der Waals surface area contributed by atoms with Crippen molar-refractivity contribution < 1.29 is 13.6 Å². The minimum Gasteiger partial charge on any atom is -0.451 e. The normalized spacial score (nSPS) is 16.8. The highest BCUT2D eigenvalue weighted by atomic mass is 19.1. The van der Waals surface area contributed by atoms with E-state index in [-0.39, 0.29) is 23.5 Å². The number of H-pyrrole nitrogens is 1. The SMILES string of the molecule is O=C(c1ccc(-c2ccc(F)cc2)o1)N1CCC[C@H]1c1nc2ccccc2[nH]1. The van der Waals surface area contributed by atoms with Crippen LogP contribution in [0.3, 0.4) is 0 Å². The second kappa shape index (κ2) is 6.64. The standard InChI is InChI=1S/C22H18FN3O2/c23-15-9-7-14(8-10-15)19-11-12-20(28-19)22(27)26-13-3-6-18(26)21-24-16-4-1-2-5-17(16)25-21/h1-2,4-5,7-12,18H,3,6,13H2,(H,24,25)/t18-/m0/s1. The Hall–Kier alpha value is -3.41. The van der Waals surface area contributed by atoms with Gasteiger partial charge in [0.1, 0.15) is 17.4 Å². The molecular formula is C22H18FN3O2. The number of halogens is 1. The average molecular weight is 375 g/mol. The minimum atomic E-state index is -0.308. The Labute approximate surface area is 160 Å². The summed E-state index contributed by atoms with van der Waals surface area (Å²) in [7, 11) is 0. The van der Waals surface area contributed by atoms with Crippen molar-refractivity contribution in [3.8, 4) is 11.3 Å². The molecule has 0 bridgehead atoms. The van der Waals surface area contributed by atoms with Crippen LogP contribution < -0.4 is 0 Å². The molecule has 0 radical (unpaired) electrons. The van der Waals surface area contributed by atoms with Crippen LogP contribution >= 0.6 is 0 Å². The molecule has 0 spiro atoms. The van der Waals surface area contributed by atoms with Crippen molar-refractivity contribution in [3.63, 3.8) is 0 Å². The smallest absolute Gasteiger partial charge is 0.290 e. The Morgan fingerprint density at radius 3 is 2.75 bits per heavy atom. The Bertz CT molecular complexity index is 1110. The summed E-state index contributed by atoms with van der Waals surface area (Å²) in [6.45, 7) is 0.660. The maximum Gasteiger partial charge on any atom is 0.290 e. The van der Waals surface area contributed by atoms with Crippen LogP contribution in [0.15, 0.2) is 65.1 Å². The monoisotopic (exact) mass is 375 g/mol. The molecule has 1 aliphatic heterocycles. The Balaban J connectivity index is 1.42. The van der Waals surface area contributed by atoms with E-state index < -0.39 is 0 Å². The van der Waals surface area contributed by atoms with Gasteiger partial charge < -0.3 is 14.3 Å². The van der Waals surface area contributed by atoms with Crippen LogP contribution in [0.2, 0.25) is 0 Å². The van der Waals surface area contributed by atoms with E-state index in [4.69, 9.17) is 4.42 Å². The summed E-state index contributed by atoms with van der Waals surface area (Å²) >= 11 is 0. The van der Waals surface area contributed by atoms with E-state index in [9.17, 15) is 9.18 Å². The summed E-state index contributed by atoms with van der Waals surface area (Å²) in [5.41, 5.74) is 2.59. The van der Waals surface area contributed by atoms with Crippen LogP contribution in [0.4, 0.5) is 4.39 Å². The molecule has 4 aromatic rings. The maximum atomic E-state index is 13.1. The number of fused-ring (bicyclic) bond motifs is 1. The van der Waals surface area contributed by atoms with E-state index in [1.54, 1.807) is 24.3 Å². The topological polar surface area (TPSA) is 62.1 Å². The maximum absolute atomic E-state index is 13.1. The largest absolute Gasteiger partial charge is 0.451 e. The summed E-state index contributed by atoms with van der Waals surface area (Å²) in [6.07, 6.45) is 1.77. The lowest BCUT2D eigenvalue weighted by atomic mass is 10.2. The van der Waals surface area contributed by atoms with Crippen molar-refractivity contribution in [1.29, 1.82) is 0 Å². The zero-order valence-corrected chi connectivity index (χ0v) is 15.1. The van der Waals surface area contributed by atoms with Gasteiger partial charge in [0.2, 0.25) is 0 Å². The third-order valence-electron chi connectivity index (χ3n) is 5.18. The molecule has 2 aromatic heterocycles. The zero-order chi connectivity index (χ0) is 19.1. The summed E-state index contributed by atoms with van der Waals surface area (Å²) in [4.78, 5) is 22.9. The predicted molar refractivity (Wildman–Crippen MR) is 103 cm³/mol. The highest BCUT2D eigenvalue weighted by Crippen LogP contribution is 2.33. The van der Waals surface area contributed by atoms with Crippen molar-refractivity contribution in [3.05, 3.63) is 78.1 Å². The predicted octanol–water partition coefficient (Wildman–Crippen LogP) is 4.94. The van der Waals surface area contributed by atoms with Crippen molar-refractivity contribution in [2.45, 2.75) is 18.9 Å². The molecule has 1 amide bonds. The lowest BCUT2D eigenvalue weighted by Gasteiger charge is -2.22. The van der Waals surface area contributed by atoms with Gasteiger partial charge in [0.05, 0.1) is 17.1 Å². The van der Waals surface area contributed by atoms with Gasteiger partial charge >= 0.3 is 0 Å². The van der Waals surface area contributed by atoms with Crippen LogP contribution in [0.5, 0.6) is 0 Å². The lowest BCUT2D eigenvalue weighted by Crippen LogP contribution is -2.30. The number of hydrogen-bond donors (Lipinski definition) is 1. The highest BCUT2D eigenvalue weighted by molar-refractivity contribution is 5.92. The fraction of sp³-hybridized carbons (Fsp3) is 0.182. The number of likely N-dealkylation sites (tertiary alicyclic amines) is 1. The zero-order valence-electron chi connectivity index (χ0n) is 15.1. The molecule has 28 heavy (non-hydrogen) atoms. The number of benzene rings is 2. The first-order valence-electron chi connectivity index (χ1n) is 9.30. The molecule has 2 aromatic carbocycles. The molecule has 1 fully saturated rings. The first kappa shape index (κ1) is 16.7. The number of amides is 1. The van der Waals surface area contributed by atoms with Gasteiger partial charge in [-0.25, -0.2) is 9.37 Å². The van der Waals surface area contributed by atoms with Gasteiger partial charge in [-0.05, 0) is 61.4 Å². The van der Waals surface area contributed by atoms with Gasteiger partial charge in [0.15, 0.2) is 5.76 Å². The second-order valence-corrected chi connectivity index (χ2v) is 6.97. The molecule has 0 aliphatic carbocycles. The Kier molecular flexibility index (Phi) is 3.97. The number of furan rings is 1. The van der Waals surface area contributed by atoms with Gasteiger partial charge in [0, 0.05) is 12.1 Å². The van der Waals surface area contributed by atoms with Crippen LogP contribution in [0.25, 0.3) is 22.4 Å². The second-order valence-electron chi connectivity index (χ2n) is 6.97. The number of para-hydroxylation sites is 2. The summed E-state index contributed by atoms with van der Waals surface area (Å²) in [5.74, 6) is 1.16. The molecule has 6 heteroatoms. The fourth-order valence-electron chi connectivity index (χ4n) is 3.79. The van der Waals surface area contributed by atoms with E-state index in [2.05, 4.69) is 9.97 Å².